The van der Waals surface area contributed by atoms with E-state index in [2.05, 4.69) is 15.6 Å². The third kappa shape index (κ3) is 5.36. The first-order valence-corrected chi connectivity index (χ1v) is 9.18. The first-order valence-electron chi connectivity index (χ1n) is 9.18. The predicted octanol–water partition coefficient (Wildman–Crippen LogP) is 3.96. The van der Waals surface area contributed by atoms with Crippen LogP contribution in [0.4, 0.5) is 14.5 Å². The van der Waals surface area contributed by atoms with E-state index in [0.717, 1.165) is 42.2 Å². The van der Waals surface area contributed by atoms with Crippen molar-refractivity contribution in [1.82, 2.24) is 5.32 Å². The Kier molecular flexibility index (Phi) is 6.36. The van der Waals surface area contributed by atoms with E-state index in [1.54, 1.807) is 12.1 Å². The van der Waals surface area contributed by atoms with Crippen LogP contribution in [0.15, 0.2) is 41.4 Å². The number of amides is 1. The van der Waals surface area contributed by atoms with Crippen molar-refractivity contribution in [2.75, 3.05) is 18.5 Å². The number of halogens is 2. The number of hydrogen-bond acceptors (Lipinski definition) is 3. The van der Waals surface area contributed by atoms with Crippen molar-refractivity contribution in [3.63, 3.8) is 0 Å². The number of hydrogen-bond donors (Lipinski definition) is 2. The maximum atomic E-state index is 13.5. The smallest absolute Gasteiger partial charge is 0.257 e. The summed E-state index contributed by atoms with van der Waals surface area (Å²) < 4.78 is 32.5. The van der Waals surface area contributed by atoms with E-state index in [-0.39, 0.29) is 23.7 Å². The monoisotopic (exact) mass is 387 g/mol. The molecule has 0 saturated carbocycles. The Balaban J connectivity index is 1.79. The fourth-order valence-corrected chi connectivity index (χ4v) is 2.92. The molecule has 1 aliphatic heterocycles. The molecule has 1 amide bonds. The highest BCUT2D eigenvalue weighted by molar-refractivity contribution is 6.10. The van der Waals surface area contributed by atoms with Gasteiger partial charge in [-0.2, -0.15) is 0 Å². The third-order valence-corrected chi connectivity index (χ3v) is 4.60. The summed E-state index contributed by atoms with van der Waals surface area (Å²) in [5, 5.41) is 5.48. The fourth-order valence-electron chi connectivity index (χ4n) is 2.92. The molecular weight excluding hydrogens is 364 g/mol. The largest absolute Gasteiger partial charge is 0.376 e. The van der Waals surface area contributed by atoms with Gasteiger partial charge < -0.3 is 10.1 Å². The second-order valence-corrected chi connectivity index (χ2v) is 6.86. The molecule has 1 atom stereocenters. The number of benzene rings is 2. The van der Waals surface area contributed by atoms with Gasteiger partial charge in [0.1, 0.15) is 11.6 Å². The van der Waals surface area contributed by atoms with E-state index < -0.39 is 11.6 Å². The van der Waals surface area contributed by atoms with Gasteiger partial charge in [-0.1, -0.05) is 6.07 Å². The van der Waals surface area contributed by atoms with Crippen molar-refractivity contribution in [2.24, 2.45) is 4.99 Å². The van der Waals surface area contributed by atoms with E-state index in [1.165, 1.54) is 0 Å². The van der Waals surface area contributed by atoms with Crippen molar-refractivity contribution in [2.45, 2.75) is 32.8 Å². The zero-order valence-corrected chi connectivity index (χ0v) is 15.9. The molecular formula is C21H23F2N3O2. The summed E-state index contributed by atoms with van der Waals surface area (Å²) in [6.45, 7) is 4.91. The summed E-state index contributed by atoms with van der Waals surface area (Å²) in [7, 11) is 0. The van der Waals surface area contributed by atoms with E-state index >= 15 is 0 Å². The second kappa shape index (κ2) is 8.93. The molecule has 0 unspecified atom stereocenters. The van der Waals surface area contributed by atoms with E-state index in [0.29, 0.717) is 18.7 Å². The van der Waals surface area contributed by atoms with Crippen LogP contribution in [0, 0.1) is 25.5 Å². The van der Waals surface area contributed by atoms with E-state index in [1.807, 2.05) is 19.9 Å². The van der Waals surface area contributed by atoms with Crippen molar-refractivity contribution in [3.05, 3.63) is 64.7 Å². The van der Waals surface area contributed by atoms with Gasteiger partial charge in [0.05, 0.1) is 12.6 Å². The molecule has 0 aliphatic carbocycles. The first kappa shape index (κ1) is 19.9. The number of carbonyl (C=O) groups is 1. The van der Waals surface area contributed by atoms with Crippen molar-refractivity contribution in [1.29, 1.82) is 0 Å². The quantitative estimate of drug-likeness (QED) is 0.617. The van der Waals surface area contributed by atoms with Crippen molar-refractivity contribution >= 4 is 17.6 Å². The van der Waals surface area contributed by atoms with Crippen LogP contribution >= 0.6 is 0 Å². The van der Waals surface area contributed by atoms with Gasteiger partial charge in [-0.25, -0.2) is 13.8 Å². The summed E-state index contributed by atoms with van der Waals surface area (Å²) in [6, 6.07) is 8.41. The Hall–Kier alpha value is -2.80. The highest BCUT2D eigenvalue weighted by Crippen LogP contribution is 2.15. The highest BCUT2D eigenvalue weighted by atomic mass is 19.1. The Morgan fingerprint density at radius 3 is 2.54 bits per heavy atom. The normalized spacial score (nSPS) is 16.9. The van der Waals surface area contributed by atoms with Crippen LogP contribution in [0.25, 0.3) is 0 Å². The molecule has 2 aromatic rings. The van der Waals surface area contributed by atoms with Gasteiger partial charge in [-0.3, -0.25) is 10.1 Å². The molecule has 1 aliphatic rings. The van der Waals surface area contributed by atoms with Gasteiger partial charge in [0.15, 0.2) is 0 Å². The van der Waals surface area contributed by atoms with Gasteiger partial charge in [-0.05, 0) is 62.1 Å². The lowest BCUT2D eigenvalue weighted by atomic mass is 10.1. The Bertz CT molecular complexity index is 873. The topological polar surface area (TPSA) is 62.7 Å². The number of nitrogens with zero attached hydrogens (tertiary/aromatic N) is 1. The molecule has 2 aromatic carbocycles. The molecule has 2 N–H and O–H groups in total. The Morgan fingerprint density at radius 1 is 1.14 bits per heavy atom. The average Bonchev–Trinajstić information content (AvgIpc) is 3.14. The number of nitrogens with one attached hydrogen (secondary N) is 2. The summed E-state index contributed by atoms with van der Waals surface area (Å²) in [6.07, 6.45) is 1.82. The van der Waals surface area contributed by atoms with Gasteiger partial charge in [-0.15, -0.1) is 0 Å². The van der Waals surface area contributed by atoms with Crippen LogP contribution in [0.2, 0.25) is 0 Å². The minimum absolute atomic E-state index is 0.0282. The predicted molar refractivity (Wildman–Crippen MR) is 105 cm³/mol. The summed E-state index contributed by atoms with van der Waals surface area (Å²) >= 11 is 0. The molecule has 148 valence electrons. The molecule has 5 nitrogen and oxygen atoms in total. The molecule has 7 heteroatoms. The number of guanidine groups is 1. The van der Waals surface area contributed by atoms with Crippen molar-refractivity contribution in [3.8, 4) is 0 Å². The number of aryl methyl sites for hydroxylation is 2. The van der Waals surface area contributed by atoms with Crippen LogP contribution in [-0.2, 0) is 4.74 Å². The summed E-state index contributed by atoms with van der Waals surface area (Å²) in [5.74, 6) is -1.69. The van der Waals surface area contributed by atoms with Crippen LogP contribution in [-0.4, -0.2) is 31.1 Å². The number of anilines is 1. The van der Waals surface area contributed by atoms with Gasteiger partial charge in [0.2, 0.25) is 5.96 Å². The van der Waals surface area contributed by atoms with Gasteiger partial charge in [0.25, 0.3) is 5.91 Å². The lowest BCUT2D eigenvalue weighted by molar-refractivity contribution is 0.0975. The summed E-state index contributed by atoms with van der Waals surface area (Å²) in [4.78, 5) is 17.0. The lowest BCUT2D eigenvalue weighted by Crippen LogP contribution is -2.36. The lowest BCUT2D eigenvalue weighted by Gasteiger charge is -2.14. The zero-order chi connectivity index (χ0) is 20.1. The average molecular weight is 387 g/mol. The minimum Gasteiger partial charge on any atom is -0.376 e. The maximum Gasteiger partial charge on any atom is 0.257 e. The zero-order valence-electron chi connectivity index (χ0n) is 15.9. The fraction of sp³-hybridized carbons (Fsp3) is 0.333. The Labute approximate surface area is 162 Å². The number of aliphatic imine (C=N–C) groups is 1. The van der Waals surface area contributed by atoms with Gasteiger partial charge in [0, 0.05) is 23.9 Å². The highest BCUT2D eigenvalue weighted by Gasteiger charge is 2.16. The second-order valence-electron chi connectivity index (χ2n) is 6.86. The van der Waals surface area contributed by atoms with Gasteiger partial charge >= 0.3 is 0 Å². The summed E-state index contributed by atoms with van der Waals surface area (Å²) in [5.41, 5.74) is 2.70. The van der Waals surface area contributed by atoms with Crippen LogP contribution < -0.4 is 10.6 Å². The maximum absolute atomic E-state index is 13.5. The Morgan fingerprint density at radius 2 is 1.89 bits per heavy atom. The standard InChI is InChI=1S/C21H23F2N3O2/c1-13-5-6-15(8-14(13)2)20(27)26-21(24-12-19-4-3-7-28-19)25-18-10-16(22)9-17(23)11-18/h5-6,8-11,19H,3-4,7,12H2,1-2H3,(H2,24,25,26,27)/t19-/m0/s1. The molecule has 0 bridgehead atoms. The molecule has 0 aromatic heterocycles. The van der Waals surface area contributed by atoms with Crippen LogP contribution in [0.1, 0.15) is 34.3 Å². The van der Waals surface area contributed by atoms with E-state index in [4.69, 9.17) is 4.74 Å². The van der Waals surface area contributed by atoms with E-state index in [9.17, 15) is 13.6 Å². The first-order chi connectivity index (χ1) is 13.4. The van der Waals surface area contributed by atoms with Crippen molar-refractivity contribution < 1.29 is 18.3 Å². The third-order valence-electron chi connectivity index (χ3n) is 4.60. The van der Waals surface area contributed by atoms with Crippen LogP contribution in [0.5, 0.6) is 0 Å². The minimum atomic E-state index is -0.721. The number of rotatable bonds is 4. The number of ether oxygens (including phenoxy) is 1. The SMILES string of the molecule is Cc1ccc(C(=O)NC(=NC[C@@H]2CCCO2)Nc2cc(F)cc(F)c2)cc1C. The molecule has 1 fully saturated rings. The number of carbonyl (C=O) groups excluding carboxylic acids is 1. The molecule has 28 heavy (non-hydrogen) atoms. The molecule has 1 heterocycles. The molecule has 3 rings (SSSR count). The van der Waals surface area contributed by atoms with Crippen LogP contribution in [0.3, 0.4) is 0 Å². The molecule has 1 saturated heterocycles. The molecule has 0 radical (unpaired) electrons. The molecule has 0 spiro atoms.